The van der Waals surface area contributed by atoms with Gasteiger partial charge in [0.05, 0.1) is 39.2 Å². The molecule has 0 unspecified atom stereocenters. The second kappa shape index (κ2) is 9.97. The van der Waals surface area contributed by atoms with Crippen LogP contribution in [0.5, 0.6) is 11.5 Å². The first-order chi connectivity index (χ1) is 14.3. The molecule has 1 amide bonds. The number of carbonyl (C=O) groups is 3. The van der Waals surface area contributed by atoms with Crippen LogP contribution in [0.2, 0.25) is 0 Å². The third-order valence-corrected chi connectivity index (χ3v) is 4.70. The normalized spacial score (nSPS) is 13.7. The minimum Gasteiger partial charge on any atom is -0.503 e. The summed E-state index contributed by atoms with van der Waals surface area (Å²) in [6.07, 6.45) is 0. The van der Waals surface area contributed by atoms with Gasteiger partial charge in [-0.2, -0.15) is 0 Å². The average molecular weight is 422 g/mol. The first-order valence-corrected chi connectivity index (χ1v) is 9.29. The highest BCUT2D eigenvalue weighted by atomic mass is 16.5. The topological polar surface area (TPSA) is 115 Å². The molecule has 164 valence electrons. The summed E-state index contributed by atoms with van der Waals surface area (Å²) in [5.41, 5.74) is 0.0546. The van der Waals surface area contributed by atoms with Crippen molar-refractivity contribution in [2.45, 2.75) is 13.8 Å². The van der Waals surface area contributed by atoms with Crippen molar-refractivity contribution in [1.82, 2.24) is 4.90 Å². The number of phenols is 1. The molecule has 0 saturated heterocycles. The smallest absolute Gasteiger partial charge is 0.355 e. The highest BCUT2D eigenvalue weighted by Crippen LogP contribution is 2.41. The molecule has 0 fully saturated rings. The molecule has 1 aliphatic rings. The summed E-state index contributed by atoms with van der Waals surface area (Å²) in [5.74, 6) is -2.18. The van der Waals surface area contributed by atoms with Gasteiger partial charge in [0.2, 0.25) is 0 Å². The molecule has 1 aliphatic heterocycles. The van der Waals surface area contributed by atoms with E-state index in [1.165, 1.54) is 38.4 Å². The molecule has 10 heteroatoms. The summed E-state index contributed by atoms with van der Waals surface area (Å²) in [7, 11) is 3.68. The number of carbonyl (C=O) groups excluding carboxylic acids is 3. The number of hydrogen-bond acceptors (Lipinski definition) is 9. The Balaban J connectivity index is 2.70. The second-order valence-electron chi connectivity index (χ2n) is 6.24. The van der Waals surface area contributed by atoms with Gasteiger partial charge in [-0.15, -0.1) is 0 Å². The Morgan fingerprint density at radius 3 is 2.27 bits per heavy atom. The molecule has 1 aromatic rings. The van der Waals surface area contributed by atoms with Gasteiger partial charge in [-0.1, -0.05) is 0 Å². The number of nitrogens with zero attached hydrogens (tertiary/aromatic N) is 2. The van der Waals surface area contributed by atoms with Crippen molar-refractivity contribution in [2.75, 3.05) is 52.7 Å². The van der Waals surface area contributed by atoms with E-state index in [-0.39, 0.29) is 53.3 Å². The Bertz CT molecular complexity index is 861. The molecular weight excluding hydrogens is 396 g/mol. The highest BCUT2D eigenvalue weighted by Gasteiger charge is 2.34. The lowest BCUT2D eigenvalue weighted by molar-refractivity contribution is -0.140. The zero-order chi connectivity index (χ0) is 22.4. The van der Waals surface area contributed by atoms with Gasteiger partial charge >= 0.3 is 11.9 Å². The third kappa shape index (κ3) is 4.33. The van der Waals surface area contributed by atoms with Gasteiger partial charge in [0, 0.05) is 18.7 Å². The zero-order valence-corrected chi connectivity index (χ0v) is 17.7. The van der Waals surface area contributed by atoms with Crippen LogP contribution in [0.15, 0.2) is 23.4 Å². The van der Waals surface area contributed by atoms with Crippen molar-refractivity contribution in [3.05, 3.63) is 29.0 Å². The summed E-state index contributed by atoms with van der Waals surface area (Å²) in [6, 6.07) is 2.82. The molecule has 0 bridgehead atoms. The SMILES string of the molecule is CCN(CC)C(=O)c1cc(OC)c(O)c(N2COCC(C(=O)OC)=C2C(=O)OC)c1. The van der Waals surface area contributed by atoms with Crippen molar-refractivity contribution in [1.29, 1.82) is 0 Å². The molecule has 1 N–H and O–H groups in total. The number of phenolic OH excluding ortho intramolecular Hbond substituents is 1. The Morgan fingerprint density at radius 1 is 1.10 bits per heavy atom. The minimum absolute atomic E-state index is 0.0254. The summed E-state index contributed by atoms with van der Waals surface area (Å²) in [6.45, 7) is 4.31. The number of anilines is 1. The average Bonchev–Trinajstić information content (AvgIpc) is 2.78. The largest absolute Gasteiger partial charge is 0.503 e. The quantitative estimate of drug-likeness (QED) is 0.649. The predicted molar refractivity (Wildman–Crippen MR) is 106 cm³/mol. The number of hydrogen-bond donors (Lipinski definition) is 1. The number of benzene rings is 1. The number of rotatable bonds is 7. The molecule has 0 radical (unpaired) electrons. The van der Waals surface area contributed by atoms with E-state index >= 15 is 0 Å². The molecule has 1 heterocycles. The maximum atomic E-state index is 12.9. The molecule has 10 nitrogen and oxygen atoms in total. The fraction of sp³-hybridized carbons (Fsp3) is 0.450. The lowest BCUT2D eigenvalue weighted by Gasteiger charge is -2.32. The van der Waals surface area contributed by atoms with Crippen LogP contribution in [0.25, 0.3) is 0 Å². The maximum Gasteiger partial charge on any atom is 0.355 e. The number of esters is 2. The van der Waals surface area contributed by atoms with Gasteiger partial charge < -0.3 is 33.9 Å². The maximum absolute atomic E-state index is 12.9. The lowest BCUT2D eigenvalue weighted by Crippen LogP contribution is -2.39. The van der Waals surface area contributed by atoms with E-state index < -0.39 is 11.9 Å². The van der Waals surface area contributed by atoms with Gasteiger partial charge in [0.15, 0.2) is 11.5 Å². The van der Waals surface area contributed by atoms with Crippen molar-refractivity contribution in [3.63, 3.8) is 0 Å². The molecule has 0 spiro atoms. The van der Waals surface area contributed by atoms with Crippen LogP contribution >= 0.6 is 0 Å². The molecule has 2 rings (SSSR count). The number of ether oxygens (including phenoxy) is 4. The third-order valence-electron chi connectivity index (χ3n) is 4.70. The van der Waals surface area contributed by atoms with Crippen LogP contribution in [0, 0.1) is 0 Å². The Hall–Kier alpha value is -3.27. The first-order valence-electron chi connectivity index (χ1n) is 9.29. The van der Waals surface area contributed by atoms with E-state index in [1.54, 1.807) is 4.90 Å². The van der Waals surface area contributed by atoms with Gasteiger partial charge in [0.25, 0.3) is 5.91 Å². The van der Waals surface area contributed by atoms with Crippen LogP contribution in [-0.2, 0) is 23.8 Å². The molecule has 0 atom stereocenters. The van der Waals surface area contributed by atoms with E-state index in [4.69, 9.17) is 18.9 Å². The van der Waals surface area contributed by atoms with Crippen LogP contribution < -0.4 is 9.64 Å². The van der Waals surface area contributed by atoms with E-state index in [0.29, 0.717) is 13.1 Å². The van der Waals surface area contributed by atoms with E-state index in [1.807, 2.05) is 13.8 Å². The van der Waals surface area contributed by atoms with Crippen molar-refractivity contribution < 1.29 is 38.4 Å². The Morgan fingerprint density at radius 2 is 1.73 bits per heavy atom. The number of methoxy groups -OCH3 is 3. The van der Waals surface area contributed by atoms with Gasteiger partial charge in [0.1, 0.15) is 12.4 Å². The lowest BCUT2D eigenvalue weighted by atomic mass is 10.1. The summed E-state index contributed by atoms with van der Waals surface area (Å²) >= 11 is 0. The highest BCUT2D eigenvalue weighted by molar-refractivity contribution is 6.04. The zero-order valence-electron chi connectivity index (χ0n) is 17.7. The van der Waals surface area contributed by atoms with E-state index in [0.717, 1.165) is 0 Å². The van der Waals surface area contributed by atoms with Crippen molar-refractivity contribution in [2.24, 2.45) is 0 Å². The molecule has 0 aliphatic carbocycles. The molecule has 1 aromatic carbocycles. The second-order valence-corrected chi connectivity index (χ2v) is 6.24. The summed E-state index contributed by atoms with van der Waals surface area (Å²) in [5, 5.41) is 10.7. The number of amides is 1. The summed E-state index contributed by atoms with van der Waals surface area (Å²) in [4.78, 5) is 40.4. The van der Waals surface area contributed by atoms with Crippen LogP contribution in [0.3, 0.4) is 0 Å². The van der Waals surface area contributed by atoms with Gasteiger partial charge in [-0.05, 0) is 26.0 Å². The van der Waals surface area contributed by atoms with Crippen molar-refractivity contribution >= 4 is 23.5 Å². The molecule has 0 saturated carbocycles. The van der Waals surface area contributed by atoms with Crippen LogP contribution in [0.4, 0.5) is 5.69 Å². The van der Waals surface area contributed by atoms with Gasteiger partial charge in [-0.25, -0.2) is 9.59 Å². The predicted octanol–water partition coefficient (Wildman–Crippen LogP) is 1.28. The number of aromatic hydroxyl groups is 1. The minimum atomic E-state index is -0.822. The fourth-order valence-electron chi connectivity index (χ4n) is 3.11. The van der Waals surface area contributed by atoms with Crippen LogP contribution in [-0.4, -0.2) is 75.6 Å². The van der Waals surface area contributed by atoms with Gasteiger partial charge in [-0.3, -0.25) is 4.79 Å². The molecular formula is C20H26N2O8. The molecule has 30 heavy (non-hydrogen) atoms. The Labute approximate surface area is 174 Å². The van der Waals surface area contributed by atoms with Crippen LogP contribution in [0.1, 0.15) is 24.2 Å². The van der Waals surface area contributed by atoms with Crippen molar-refractivity contribution in [3.8, 4) is 11.5 Å². The Kier molecular flexibility index (Phi) is 7.65. The standard InChI is InChI=1S/C20H26N2O8/c1-6-21(7-2)18(24)12-8-14(17(23)15(9-12)27-3)22-11-30-10-13(19(25)28-4)16(22)20(26)29-5/h8-9,23H,6-7,10-11H2,1-5H3. The monoisotopic (exact) mass is 422 g/mol. The summed E-state index contributed by atoms with van der Waals surface area (Å²) < 4.78 is 20.2. The first kappa shape index (κ1) is 23.0. The van der Waals surface area contributed by atoms with E-state index in [9.17, 15) is 19.5 Å². The molecule has 0 aromatic heterocycles. The fourth-order valence-corrected chi connectivity index (χ4v) is 3.11. The van der Waals surface area contributed by atoms with E-state index in [2.05, 4.69) is 0 Å².